The Morgan fingerprint density at radius 1 is 1.12 bits per heavy atom. The molecule has 1 aromatic carbocycles. The third-order valence-corrected chi connectivity index (χ3v) is 4.42. The van der Waals surface area contributed by atoms with E-state index in [0.717, 1.165) is 10.7 Å². The van der Waals surface area contributed by atoms with Crippen molar-refractivity contribution in [2.75, 3.05) is 14.2 Å². The van der Waals surface area contributed by atoms with Crippen LogP contribution in [-0.2, 0) is 4.79 Å². The van der Waals surface area contributed by atoms with Crippen molar-refractivity contribution >= 4 is 28.9 Å². The first kappa shape index (κ1) is 18.4. The predicted molar refractivity (Wildman–Crippen MR) is 99.7 cm³/mol. The highest BCUT2D eigenvalue weighted by Crippen LogP contribution is 2.35. The van der Waals surface area contributed by atoms with Crippen LogP contribution >= 0.6 is 11.8 Å². The van der Waals surface area contributed by atoms with Crippen LogP contribution in [0.25, 0.3) is 6.08 Å². The Labute approximate surface area is 147 Å². The van der Waals surface area contributed by atoms with Gasteiger partial charge in [-0.25, -0.2) is 0 Å². The molecule has 1 fully saturated rings. The Bertz CT molecular complexity index is 681. The van der Waals surface area contributed by atoms with Crippen molar-refractivity contribution in [3.05, 3.63) is 28.7 Å². The van der Waals surface area contributed by atoms with Crippen LogP contribution in [0.1, 0.15) is 33.3 Å². The number of amidine groups is 1. The van der Waals surface area contributed by atoms with Crippen LogP contribution in [0.5, 0.6) is 11.5 Å². The fourth-order valence-corrected chi connectivity index (χ4v) is 3.58. The molecule has 130 valence electrons. The zero-order chi connectivity index (χ0) is 17.9. The molecule has 0 N–H and O–H groups in total. The Morgan fingerprint density at radius 3 is 2.33 bits per heavy atom. The third-order valence-electron chi connectivity index (χ3n) is 3.43. The smallest absolute Gasteiger partial charge is 0.266 e. The molecule has 0 bridgehead atoms. The summed E-state index contributed by atoms with van der Waals surface area (Å²) in [6.07, 6.45) is 1.87. The number of hydrogen-bond donors (Lipinski definition) is 0. The van der Waals surface area contributed by atoms with Gasteiger partial charge in [0.2, 0.25) is 0 Å². The number of amides is 1. The van der Waals surface area contributed by atoms with Crippen molar-refractivity contribution in [2.24, 2.45) is 4.99 Å². The lowest BCUT2D eigenvalue weighted by atomic mass is 10.2. The number of aliphatic imine (C=N–C) groups is 1. The van der Waals surface area contributed by atoms with Gasteiger partial charge in [0.05, 0.1) is 19.1 Å². The van der Waals surface area contributed by atoms with Gasteiger partial charge in [-0.1, -0.05) is 6.07 Å². The molecule has 0 aliphatic carbocycles. The minimum Gasteiger partial charge on any atom is -0.493 e. The molecule has 1 saturated heterocycles. The van der Waals surface area contributed by atoms with Gasteiger partial charge in [-0.15, -0.1) is 0 Å². The SMILES string of the molecule is COc1ccc(/C=C2/SC(=NC(C)C)N(C(C)C)C2=O)cc1OC. The molecule has 0 aromatic heterocycles. The second-order valence-corrected chi connectivity index (χ2v) is 7.01. The summed E-state index contributed by atoms with van der Waals surface area (Å²) in [6, 6.07) is 5.80. The molecule has 1 aliphatic rings. The molecular formula is C18H24N2O3S. The Hall–Kier alpha value is -1.95. The van der Waals surface area contributed by atoms with Crippen LogP contribution in [-0.4, -0.2) is 42.3 Å². The minimum absolute atomic E-state index is 0.0100. The second kappa shape index (κ2) is 7.75. The summed E-state index contributed by atoms with van der Waals surface area (Å²) in [5.74, 6) is 1.29. The highest BCUT2D eigenvalue weighted by Gasteiger charge is 2.35. The van der Waals surface area contributed by atoms with Gasteiger partial charge in [-0.05, 0) is 63.2 Å². The maximum Gasteiger partial charge on any atom is 0.266 e. The molecule has 0 spiro atoms. The molecule has 0 radical (unpaired) electrons. The summed E-state index contributed by atoms with van der Waals surface area (Å²) in [5.41, 5.74) is 0.887. The Morgan fingerprint density at radius 2 is 1.79 bits per heavy atom. The van der Waals surface area contributed by atoms with Gasteiger partial charge in [-0.2, -0.15) is 0 Å². The molecule has 2 rings (SSSR count). The predicted octanol–water partition coefficient (Wildman–Crippen LogP) is 3.79. The van der Waals surface area contributed by atoms with Gasteiger partial charge in [0, 0.05) is 12.1 Å². The van der Waals surface area contributed by atoms with Gasteiger partial charge < -0.3 is 9.47 Å². The van der Waals surface area contributed by atoms with Crippen LogP contribution < -0.4 is 9.47 Å². The van der Waals surface area contributed by atoms with Crippen LogP contribution in [0.15, 0.2) is 28.1 Å². The Kier molecular flexibility index (Phi) is 5.94. The number of methoxy groups -OCH3 is 2. The largest absolute Gasteiger partial charge is 0.493 e. The number of carbonyl (C=O) groups is 1. The molecular weight excluding hydrogens is 324 g/mol. The average molecular weight is 348 g/mol. The van der Waals surface area contributed by atoms with E-state index in [1.165, 1.54) is 11.8 Å². The molecule has 1 aliphatic heterocycles. The summed E-state index contributed by atoms with van der Waals surface area (Å²) in [4.78, 5) is 19.7. The lowest BCUT2D eigenvalue weighted by Crippen LogP contribution is -2.35. The van der Waals surface area contributed by atoms with Crippen LogP contribution in [0, 0.1) is 0 Å². The fourth-order valence-electron chi connectivity index (χ4n) is 2.35. The first-order valence-corrected chi connectivity index (χ1v) is 8.72. The summed E-state index contributed by atoms with van der Waals surface area (Å²) < 4.78 is 10.6. The molecule has 1 heterocycles. The number of rotatable bonds is 5. The lowest BCUT2D eigenvalue weighted by Gasteiger charge is -2.20. The lowest BCUT2D eigenvalue weighted by molar-refractivity contribution is -0.123. The second-order valence-electron chi connectivity index (χ2n) is 6.00. The van der Waals surface area contributed by atoms with E-state index in [-0.39, 0.29) is 18.0 Å². The molecule has 0 unspecified atom stereocenters. The molecule has 1 amide bonds. The van der Waals surface area contributed by atoms with Gasteiger partial charge in [0.25, 0.3) is 5.91 Å². The molecule has 0 saturated carbocycles. The highest BCUT2D eigenvalue weighted by atomic mass is 32.2. The number of nitrogens with zero attached hydrogens (tertiary/aromatic N) is 2. The monoisotopic (exact) mass is 348 g/mol. The van der Waals surface area contributed by atoms with Crippen LogP contribution in [0.3, 0.4) is 0 Å². The van der Waals surface area contributed by atoms with Crippen molar-refractivity contribution in [3.8, 4) is 11.5 Å². The van der Waals surface area contributed by atoms with E-state index in [4.69, 9.17) is 9.47 Å². The van der Waals surface area contributed by atoms with Crippen LogP contribution in [0.2, 0.25) is 0 Å². The van der Waals surface area contributed by atoms with Crippen molar-refractivity contribution in [1.29, 1.82) is 0 Å². The van der Waals surface area contributed by atoms with Crippen LogP contribution in [0.4, 0.5) is 0 Å². The van der Waals surface area contributed by atoms with Crippen molar-refractivity contribution in [1.82, 2.24) is 4.90 Å². The van der Waals surface area contributed by atoms with E-state index in [1.54, 1.807) is 19.1 Å². The zero-order valence-corrected chi connectivity index (χ0v) is 15.8. The molecule has 6 heteroatoms. The van der Waals surface area contributed by atoms with Gasteiger partial charge >= 0.3 is 0 Å². The first-order valence-electron chi connectivity index (χ1n) is 7.90. The van der Waals surface area contributed by atoms with E-state index in [2.05, 4.69) is 4.99 Å². The fraction of sp³-hybridized carbons (Fsp3) is 0.444. The number of benzene rings is 1. The highest BCUT2D eigenvalue weighted by molar-refractivity contribution is 8.18. The van der Waals surface area contributed by atoms with Crippen molar-refractivity contribution in [2.45, 2.75) is 39.8 Å². The molecule has 1 aromatic rings. The van der Waals surface area contributed by atoms with E-state index >= 15 is 0 Å². The molecule has 0 atom stereocenters. The summed E-state index contributed by atoms with van der Waals surface area (Å²) in [6.45, 7) is 8.00. The first-order chi connectivity index (χ1) is 11.4. The maximum absolute atomic E-state index is 12.7. The van der Waals surface area contributed by atoms with Gasteiger partial charge in [0.1, 0.15) is 0 Å². The number of ether oxygens (including phenoxy) is 2. The van der Waals surface area contributed by atoms with Crippen molar-refractivity contribution < 1.29 is 14.3 Å². The van der Waals surface area contributed by atoms with E-state index in [0.29, 0.717) is 16.4 Å². The maximum atomic E-state index is 12.7. The van der Waals surface area contributed by atoms with Gasteiger partial charge in [0.15, 0.2) is 16.7 Å². The van der Waals surface area contributed by atoms with Crippen molar-refractivity contribution in [3.63, 3.8) is 0 Å². The Balaban J connectivity index is 2.38. The zero-order valence-electron chi connectivity index (χ0n) is 15.0. The molecule has 5 nitrogen and oxygen atoms in total. The quantitative estimate of drug-likeness (QED) is 0.760. The van der Waals surface area contributed by atoms with E-state index in [1.807, 2.05) is 52.0 Å². The molecule has 24 heavy (non-hydrogen) atoms. The van der Waals surface area contributed by atoms with Gasteiger partial charge in [-0.3, -0.25) is 14.7 Å². The minimum atomic E-state index is -0.0100. The summed E-state index contributed by atoms with van der Waals surface area (Å²) in [5, 5.41) is 0.761. The summed E-state index contributed by atoms with van der Waals surface area (Å²) in [7, 11) is 3.19. The van der Waals surface area contributed by atoms with E-state index < -0.39 is 0 Å². The number of carbonyl (C=O) groups excluding carboxylic acids is 1. The number of hydrogen-bond acceptors (Lipinski definition) is 5. The van der Waals surface area contributed by atoms with E-state index in [9.17, 15) is 4.79 Å². The summed E-state index contributed by atoms with van der Waals surface area (Å²) >= 11 is 1.42. The topological polar surface area (TPSA) is 51.1 Å². The third kappa shape index (κ3) is 3.93. The normalized spacial score (nSPS) is 18.3. The standard InChI is InChI=1S/C18H24N2O3S/c1-11(2)19-18-20(12(3)4)17(21)16(24-18)10-13-7-8-14(22-5)15(9-13)23-6/h7-12H,1-6H3/b16-10+,19-18?. The average Bonchev–Trinajstić information content (AvgIpc) is 2.82. The number of thioether (sulfide) groups is 1.